The van der Waals surface area contributed by atoms with Gasteiger partial charge in [0, 0.05) is 12.7 Å². The molecular formula is C9H8BrFN2. The van der Waals surface area contributed by atoms with Gasteiger partial charge in [-0.1, -0.05) is 0 Å². The lowest BCUT2D eigenvalue weighted by atomic mass is 10.2. The lowest BCUT2D eigenvalue weighted by molar-refractivity contribution is 0.632. The third kappa shape index (κ3) is 1.35. The maximum absolute atomic E-state index is 13.4. The normalized spacial score (nSPS) is 11.0. The Morgan fingerprint density at radius 2 is 2.31 bits per heavy atom. The molecule has 0 aliphatic heterocycles. The Balaban J connectivity index is 2.76. The molecule has 0 aliphatic rings. The molecule has 13 heavy (non-hydrogen) atoms. The Morgan fingerprint density at radius 3 is 3.00 bits per heavy atom. The summed E-state index contributed by atoms with van der Waals surface area (Å²) in [6, 6.07) is 3.47. The van der Waals surface area contributed by atoms with E-state index in [0.717, 1.165) is 6.54 Å². The van der Waals surface area contributed by atoms with Gasteiger partial charge in [0.15, 0.2) is 0 Å². The number of benzene rings is 1. The van der Waals surface area contributed by atoms with E-state index < -0.39 is 0 Å². The number of nitrogens with zero attached hydrogens (tertiary/aromatic N) is 2. The van der Waals surface area contributed by atoms with Crippen molar-refractivity contribution in [3.63, 3.8) is 0 Å². The number of aromatic nitrogens is 2. The Hall–Kier alpha value is -0.900. The molecule has 1 aromatic heterocycles. The predicted octanol–water partition coefficient (Wildman–Crippen LogP) is 2.96. The highest BCUT2D eigenvalue weighted by Gasteiger charge is 2.07. The fourth-order valence-electron chi connectivity index (χ4n) is 1.24. The van der Waals surface area contributed by atoms with Gasteiger partial charge in [-0.25, -0.2) is 4.39 Å². The van der Waals surface area contributed by atoms with E-state index in [-0.39, 0.29) is 5.82 Å². The summed E-state index contributed by atoms with van der Waals surface area (Å²) in [5, 5.41) is 4.75. The van der Waals surface area contributed by atoms with Gasteiger partial charge < -0.3 is 0 Å². The van der Waals surface area contributed by atoms with Crippen LogP contribution in [0.25, 0.3) is 10.9 Å². The maximum atomic E-state index is 13.4. The van der Waals surface area contributed by atoms with E-state index in [0.29, 0.717) is 15.4 Å². The summed E-state index contributed by atoms with van der Waals surface area (Å²) in [6.07, 6.45) is 1.72. The maximum Gasteiger partial charge on any atom is 0.148 e. The molecule has 0 N–H and O–H groups in total. The highest BCUT2D eigenvalue weighted by atomic mass is 79.9. The molecule has 4 heteroatoms. The summed E-state index contributed by atoms with van der Waals surface area (Å²) in [7, 11) is 0. The summed E-state index contributed by atoms with van der Waals surface area (Å²) < 4.78 is 15.7. The van der Waals surface area contributed by atoms with Gasteiger partial charge in [-0.3, -0.25) is 4.68 Å². The summed E-state index contributed by atoms with van der Waals surface area (Å²) in [6.45, 7) is 2.73. The molecule has 0 fully saturated rings. The standard InChI is InChI=1S/C9H8BrFN2/c1-2-13-5-6-8(12-13)4-3-7(10)9(6)11/h3-5H,2H2,1H3. The largest absolute Gasteiger partial charge is 0.272 e. The number of fused-ring (bicyclic) bond motifs is 1. The molecule has 0 aliphatic carbocycles. The molecule has 2 nitrogen and oxygen atoms in total. The molecule has 0 radical (unpaired) electrons. The molecule has 68 valence electrons. The van der Waals surface area contributed by atoms with E-state index in [4.69, 9.17) is 0 Å². The van der Waals surface area contributed by atoms with Crippen molar-refractivity contribution in [2.75, 3.05) is 0 Å². The van der Waals surface area contributed by atoms with Crippen molar-refractivity contribution in [1.29, 1.82) is 0 Å². The quantitative estimate of drug-likeness (QED) is 0.752. The highest BCUT2D eigenvalue weighted by molar-refractivity contribution is 9.10. The zero-order chi connectivity index (χ0) is 9.42. The highest BCUT2D eigenvalue weighted by Crippen LogP contribution is 2.23. The Labute approximate surface area is 83.5 Å². The SMILES string of the molecule is CCn1cc2c(F)c(Br)ccc2n1. The molecule has 2 rings (SSSR count). The minimum absolute atomic E-state index is 0.239. The van der Waals surface area contributed by atoms with Gasteiger partial charge >= 0.3 is 0 Å². The molecule has 1 heterocycles. The van der Waals surface area contributed by atoms with Crippen LogP contribution in [-0.4, -0.2) is 9.78 Å². The number of hydrogen-bond acceptors (Lipinski definition) is 1. The molecule has 0 saturated heterocycles. The molecule has 0 bridgehead atoms. The average Bonchev–Trinajstić information content (AvgIpc) is 2.55. The molecule has 2 aromatic rings. The number of rotatable bonds is 1. The third-order valence-electron chi connectivity index (χ3n) is 1.95. The van der Waals surface area contributed by atoms with Crippen LogP contribution < -0.4 is 0 Å². The van der Waals surface area contributed by atoms with E-state index in [1.807, 2.05) is 6.92 Å². The second-order valence-electron chi connectivity index (χ2n) is 2.78. The van der Waals surface area contributed by atoms with Crippen LogP contribution in [-0.2, 0) is 6.54 Å². The van der Waals surface area contributed by atoms with E-state index in [2.05, 4.69) is 21.0 Å². The van der Waals surface area contributed by atoms with Gasteiger partial charge in [0.25, 0.3) is 0 Å². The van der Waals surface area contributed by atoms with Gasteiger partial charge in [-0.2, -0.15) is 5.10 Å². The van der Waals surface area contributed by atoms with E-state index >= 15 is 0 Å². The molecule has 0 spiro atoms. The van der Waals surface area contributed by atoms with Crippen molar-refractivity contribution in [1.82, 2.24) is 9.78 Å². The average molecular weight is 243 g/mol. The van der Waals surface area contributed by atoms with Gasteiger partial charge in [0.1, 0.15) is 5.82 Å². The number of hydrogen-bond donors (Lipinski definition) is 0. The minimum Gasteiger partial charge on any atom is -0.272 e. The monoisotopic (exact) mass is 242 g/mol. The Morgan fingerprint density at radius 1 is 1.54 bits per heavy atom. The fraction of sp³-hybridized carbons (Fsp3) is 0.222. The zero-order valence-corrected chi connectivity index (χ0v) is 8.68. The van der Waals surface area contributed by atoms with Crippen molar-refractivity contribution in [3.05, 3.63) is 28.6 Å². The van der Waals surface area contributed by atoms with E-state index in [9.17, 15) is 4.39 Å². The van der Waals surface area contributed by atoms with Crippen LogP contribution in [0.4, 0.5) is 4.39 Å². The Bertz CT molecular complexity index is 450. The topological polar surface area (TPSA) is 17.8 Å². The van der Waals surface area contributed by atoms with Crippen LogP contribution in [0, 0.1) is 5.82 Å². The fourth-order valence-corrected chi connectivity index (χ4v) is 1.59. The lowest BCUT2D eigenvalue weighted by Gasteiger charge is -1.92. The molecule has 0 unspecified atom stereocenters. The molecule has 1 aromatic carbocycles. The molecule has 0 saturated carbocycles. The first-order valence-electron chi connectivity index (χ1n) is 4.03. The van der Waals surface area contributed by atoms with E-state index in [1.165, 1.54) is 0 Å². The summed E-state index contributed by atoms with van der Waals surface area (Å²) in [5.41, 5.74) is 0.697. The summed E-state index contributed by atoms with van der Waals surface area (Å²) in [4.78, 5) is 0. The zero-order valence-electron chi connectivity index (χ0n) is 7.09. The van der Waals surface area contributed by atoms with Crippen molar-refractivity contribution in [3.8, 4) is 0 Å². The van der Waals surface area contributed by atoms with E-state index in [1.54, 1.807) is 23.0 Å². The second-order valence-corrected chi connectivity index (χ2v) is 3.63. The summed E-state index contributed by atoms with van der Waals surface area (Å²) in [5.74, 6) is -0.239. The second kappa shape index (κ2) is 3.10. The van der Waals surface area contributed by atoms with Crippen molar-refractivity contribution >= 4 is 26.8 Å². The van der Waals surface area contributed by atoms with Gasteiger partial charge in [0.05, 0.1) is 15.4 Å². The third-order valence-corrected chi connectivity index (χ3v) is 2.56. The first kappa shape index (κ1) is 8.69. The molecular weight excluding hydrogens is 235 g/mol. The van der Waals surface area contributed by atoms with Gasteiger partial charge in [-0.05, 0) is 35.0 Å². The first-order chi connectivity index (χ1) is 6.22. The molecule has 0 atom stereocenters. The van der Waals surface area contributed by atoms with Gasteiger partial charge in [-0.15, -0.1) is 0 Å². The smallest absolute Gasteiger partial charge is 0.148 e. The molecule has 0 amide bonds. The minimum atomic E-state index is -0.239. The van der Waals surface area contributed by atoms with Crippen molar-refractivity contribution < 1.29 is 4.39 Å². The predicted molar refractivity (Wildman–Crippen MR) is 53.1 cm³/mol. The Kier molecular flexibility index (Phi) is 2.07. The van der Waals surface area contributed by atoms with Crippen LogP contribution in [0.15, 0.2) is 22.8 Å². The van der Waals surface area contributed by atoms with Crippen molar-refractivity contribution in [2.45, 2.75) is 13.5 Å². The first-order valence-corrected chi connectivity index (χ1v) is 4.83. The van der Waals surface area contributed by atoms with Gasteiger partial charge in [0.2, 0.25) is 0 Å². The van der Waals surface area contributed by atoms with Crippen molar-refractivity contribution in [2.24, 2.45) is 0 Å². The summed E-state index contributed by atoms with van der Waals surface area (Å²) >= 11 is 3.14. The van der Waals surface area contributed by atoms with Crippen LogP contribution >= 0.6 is 15.9 Å². The van der Waals surface area contributed by atoms with Crippen LogP contribution in [0.2, 0.25) is 0 Å². The van der Waals surface area contributed by atoms with Crippen LogP contribution in [0.5, 0.6) is 0 Å². The van der Waals surface area contributed by atoms with Crippen LogP contribution in [0.1, 0.15) is 6.92 Å². The lowest BCUT2D eigenvalue weighted by Crippen LogP contribution is -1.92. The van der Waals surface area contributed by atoms with Crippen LogP contribution in [0.3, 0.4) is 0 Å². The number of aryl methyl sites for hydroxylation is 1. The number of halogens is 2.